The fourth-order valence-electron chi connectivity index (χ4n) is 3.35. The number of carbonyl (C=O) groups excluding carboxylic acids is 1. The zero-order valence-corrected chi connectivity index (χ0v) is 17.2. The van der Waals surface area contributed by atoms with Crippen molar-refractivity contribution >= 4 is 29.0 Å². The molecule has 4 rings (SSSR count). The fraction of sp³-hybridized carbons (Fsp3) is 0.368. The topological polar surface area (TPSA) is 63.9 Å². The van der Waals surface area contributed by atoms with Gasteiger partial charge in [0, 0.05) is 18.0 Å². The Balaban J connectivity index is 1.50. The van der Waals surface area contributed by atoms with Gasteiger partial charge >= 0.3 is 0 Å². The summed E-state index contributed by atoms with van der Waals surface area (Å²) in [4.78, 5) is 16.3. The van der Waals surface area contributed by atoms with Crippen LogP contribution in [0.3, 0.4) is 0 Å². The van der Waals surface area contributed by atoms with E-state index in [2.05, 4.69) is 40.0 Å². The second kappa shape index (κ2) is 7.44. The first kappa shape index (κ1) is 18.2. The number of thiophene rings is 1. The third-order valence-electron chi connectivity index (χ3n) is 4.77. The summed E-state index contributed by atoms with van der Waals surface area (Å²) < 4.78 is 1.72. The largest absolute Gasteiger partial charge is 0.337 e. The van der Waals surface area contributed by atoms with Crippen molar-refractivity contribution in [2.45, 2.75) is 44.1 Å². The maximum atomic E-state index is 12.9. The molecule has 1 aliphatic rings. The summed E-state index contributed by atoms with van der Waals surface area (Å²) in [6, 6.07) is 8.28. The predicted octanol–water partition coefficient (Wildman–Crippen LogP) is 3.41. The second-order valence-electron chi connectivity index (χ2n) is 6.80. The Hall–Kier alpha value is -2.19. The lowest BCUT2D eigenvalue weighted by atomic mass is 10.1. The highest BCUT2D eigenvalue weighted by Crippen LogP contribution is 2.29. The molecule has 0 saturated carbocycles. The summed E-state index contributed by atoms with van der Waals surface area (Å²) in [7, 11) is 0. The van der Waals surface area contributed by atoms with Crippen LogP contribution in [0.25, 0.3) is 5.69 Å². The number of aryl methyl sites for hydroxylation is 2. The number of aromatic nitrogens is 4. The van der Waals surface area contributed by atoms with Gasteiger partial charge < -0.3 is 4.90 Å². The van der Waals surface area contributed by atoms with E-state index in [4.69, 9.17) is 0 Å². The molecule has 1 aliphatic heterocycles. The molecule has 0 fully saturated rings. The van der Waals surface area contributed by atoms with Crippen molar-refractivity contribution in [3.63, 3.8) is 0 Å². The summed E-state index contributed by atoms with van der Waals surface area (Å²) in [6.45, 7) is 7.50. The molecule has 140 valence electrons. The number of fused-ring (bicyclic) bond motifs is 1. The molecule has 3 heterocycles. The molecule has 1 unspecified atom stereocenters. The average Bonchev–Trinajstić information content (AvgIpc) is 3.29. The van der Waals surface area contributed by atoms with Gasteiger partial charge in [-0.05, 0) is 66.3 Å². The normalized spacial score (nSPS) is 14.9. The van der Waals surface area contributed by atoms with Crippen molar-refractivity contribution in [3.05, 3.63) is 51.2 Å². The number of nitrogens with zero attached hydrogens (tertiary/aromatic N) is 5. The van der Waals surface area contributed by atoms with E-state index in [-0.39, 0.29) is 11.2 Å². The molecule has 2 aromatic heterocycles. The molecule has 8 heteroatoms. The number of rotatable bonds is 4. The van der Waals surface area contributed by atoms with Gasteiger partial charge in [0.15, 0.2) is 0 Å². The Labute approximate surface area is 166 Å². The van der Waals surface area contributed by atoms with Crippen LogP contribution in [0, 0.1) is 13.8 Å². The highest BCUT2D eigenvalue weighted by Gasteiger charge is 2.27. The van der Waals surface area contributed by atoms with Crippen LogP contribution in [0.5, 0.6) is 0 Å². The molecule has 0 aliphatic carbocycles. The van der Waals surface area contributed by atoms with Gasteiger partial charge in [-0.2, -0.15) is 4.68 Å². The van der Waals surface area contributed by atoms with E-state index in [0.29, 0.717) is 11.7 Å². The van der Waals surface area contributed by atoms with Crippen LogP contribution in [-0.2, 0) is 17.8 Å². The molecule has 0 N–H and O–H groups in total. The van der Waals surface area contributed by atoms with E-state index >= 15 is 0 Å². The van der Waals surface area contributed by atoms with Crippen LogP contribution in [0.1, 0.15) is 28.5 Å². The molecule has 0 saturated heterocycles. The lowest BCUT2D eigenvalue weighted by Gasteiger charge is -2.29. The van der Waals surface area contributed by atoms with E-state index in [1.807, 2.05) is 30.9 Å². The van der Waals surface area contributed by atoms with Gasteiger partial charge in [0.1, 0.15) is 0 Å². The minimum absolute atomic E-state index is 0.132. The molecule has 1 amide bonds. The van der Waals surface area contributed by atoms with E-state index < -0.39 is 0 Å². The smallest absolute Gasteiger partial charge is 0.236 e. The third-order valence-corrected chi connectivity index (χ3v) is 6.81. The van der Waals surface area contributed by atoms with Gasteiger partial charge in [0.05, 0.1) is 10.9 Å². The third kappa shape index (κ3) is 3.64. The lowest BCUT2D eigenvalue weighted by molar-refractivity contribution is -0.131. The van der Waals surface area contributed by atoms with Crippen LogP contribution in [0.4, 0.5) is 0 Å². The molecular weight excluding hydrogens is 378 g/mol. The zero-order valence-electron chi connectivity index (χ0n) is 15.5. The number of thioether (sulfide) groups is 1. The predicted molar refractivity (Wildman–Crippen MR) is 107 cm³/mol. The Morgan fingerprint density at radius 1 is 1.30 bits per heavy atom. The summed E-state index contributed by atoms with van der Waals surface area (Å²) in [5.74, 6) is 0.132. The van der Waals surface area contributed by atoms with Gasteiger partial charge in [0.25, 0.3) is 0 Å². The van der Waals surface area contributed by atoms with Crippen molar-refractivity contribution in [3.8, 4) is 5.69 Å². The second-order valence-corrected chi connectivity index (χ2v) is 9.11. The molecule has 0 radical (unpaired) electrons. The van der Waals surface area contributed by atoms with Crippen molar-refractivity contribution in [1.82, 2.24) is 25.1 Å². The summed E-state index contributed by atoms with van der Waals surface area (Å²) in [5, 5.41) is 14.6. The zero-order chi connectivity index (χ0) is 19.0. The van der Waals surface area contributed by atoms with Crippen LogP contribution in [0.15, 0.2) is 34.8 Å². The van der Waals surface area contributed by atoms with Crippen molar-refractivity contribution in [1.29, 1.82) is 0 Å². The van der Waals surface area contributed by atoms with Crippen LogP contribution < -0.4 is 0 Å². The molecule has 6 nitrogen and oxygen atoms in total. The maximum Gasteiger partial charge on any atom is 0.236 e. The van der Waals surface area contributed by atoms with Crippen molar-refractivity contribution < 1.29 is 4.79 Å². The number of amides is 1. The molecular formula is C19H21N5OS2. The van der Waals surface area contributed by atoms with Crippen LogP contribution >= 0.6 is 23.1 Å². The monoisotopic (exact) mass is 399 g/mol. The minimum Gasteiger partial charge on any atom is -0.337 e. The number of carbonyl (C=O) groups is 1. The number of hydrogen-bond donors (Lipinski definition) is 0. The van der Waals surface area contributed by atoms with Gasteiger partial charge in [-0.15, -0.1) is 16.4 Å². The van der Waals surface area contributed by atoms with E-state index in [1.54, 1.807) is 16.0 Å². The first-order valence-corrected chi connectivity index (χ1v) is 10.7. The molecule has 0 bridgehead atoms. The standard InChI is InChI=1S/C19H21N5OS2/c1-12-4-5-16(13(2)10-12)24-19(20-21-22-24)27-14(3)18(25)23-8-6-17-15(11-23)7-9-26-17/h4-5,7,9-10,14H,6,8,11H2,1-3H3. The van der Waals surface area contributed by atoms with Gasteiger partial charge in [0.2, 0.25) is 11.1 Å². The van der Waals surface area contributed by atoms with E-state index in [1.165, 1.54) is 27.8 Å². The van der Waals surface area contributed by atoms with E-state index in [9.17, 15) is 4.79 Å². The molecule has 1 aromatic carbocycles. The molecule has 0 spiro atoms. The number of benzene rings is 1. The molecule has 3 aromatic rings. The minimum atomic E-state index is -0.249. The Kier molecular flexibility index (Phi) is 5.01. The Morgan fingerprint density at radius 3 is 2.96 bits per heavy atom. The van der Waals surface area contributed by atoms with Gasteiger partial charge in [-0.1, -0.05) is 29.5 Å². The first-order valence-electron chi connectivity index (χ1n) is 8.89. The highest BCUT2D eigenvalue weighted by atomic mass is 32.2. The van der Waals surface area contributed by atoms with Crippen LogP contribution in [-0.4, -0.2) is 42.8 Å². The SMILES string of the molecule is Cc1ccc(-n2nnnc2SC(C)C(=O)N2CCc3sccc3C2)c(C)c1. The lowest BCUT2D eigenvalue weighted by Crippen LogP contribution is -2.39. The summed E-state index contributed by atoms with van der Waals surface area (Å²) in [6.07, 6.45) is 0.941. The van der Waals surface area contributed by atoms with Crippen LogP contribution in [0.2, 0.25) is 0 Å². The first-order chi connectivity index (χ1) is 13.0. The Morgan fingerprint density at radius 2 is 2.15 bits per heavy atom. The van der Waals surface area contributed by atoms with Crippen molar-refractivity contribution in [2.75, 3.05) is 6.54 Å². The molecule has 1 atom stereocenters. The summed E-state index contributed by atoms with van der Waals surface area (Å²) >= 11 is 3.19. The molecule has 27 heavy (non-hydrogen) atoms. The van der Waals surface area contributed by atoms with Gasteiger partial charge in [-0.3, -0.25) is 4.79 Å². The van der Waals surface area contributed by atoms with Crippen molar-refractivity contribution in [2.24, 2.45) is 0 Å². The maximum absolute atomic E-state index is 12.9. The van der Waals surface area contributed by atoms with Gasteiger partial charge in [-0.25, -0.2) is 0 Å². The summed E-state index contributed by atoms with van der Waals surface area (Å²) in [5.41, 5.74) is 4.51. The fourth-order valence-corrected chi connectivity index (χ4v) is 5.12. The quantitative estimate of drug-likeness (QED) is 0.629. The Bertz CT molecular complexity index is 980. The number of hydrogen-bond acceptors (Lipinski definition) is 6. The average molecular weight is 400 g/mol. The number of tetrazole rings is 1. The van der Waals surface area contributed by atoms with E-state index in [0.717, 1.165) is 24.2 Å². The highest BCUT2D eigenvalue weighted by molar-refractivity contribution is 8.00.